The van der Waals surface area contributed by atoms with Crippen LogP contribution in [0.1, 0.15) is 149 Å². The molecule has 0 unspecified atom stereocenters. The van der Waals surface area contributed by atoms with Gasteiger partial charge in [0.1, 0.15) is 23.9 Å². The molecule has 2 aliphatic heterocycles. The van der Waals surface area contributed by atoms with Gasteiger partial charge in [-0.3, -0.25) is 24.0 Å². The molecule has 2 saturated heterocycles. The predicted octanol–water partition coefficient (Wildman–Crippen LogP) is 15.8. The number of likely N-dealkylation sites (tertiary alicyclic amines) is 2. The van der Waals surface area contributed by atoms with E-state index < -0.39 is 30.1 Å². The van der Waals surface area contributed by atoms with E-state index in [9.17, 15) is 28.8 Å². The summed E-state index contributed by atoms with van der Waals surface area (Å²) in [6, 6.07) is 34.4. The highest BCUT2D eigenvalue weighted by Crippen LogP contribution is 2.42. The van der Waals surface area contributed by atoms with Crippen molar-refractivity contribution in [3.8, 4) is 34.5 Å². The lowest BCUT2D eigenvalue weighted by Gasteiger charge is -2.37. The fourth-order valence-electron chi connectivity index (χ4n) is 12.6. The number of carbonyl (C=O) groups is 6. The van der Waals surface area contributed by atoms with Gasteiger partial charge >= 0.3 is 5.97 Å². The quantitative estimate of drug-likeness (QED) is 0.0217. The first kappa shape index (κ1) is 76.5. The van der Waals surface area contributed by atoms with E-state index in [0.29, 0.717) is 133 Å². The fourth-order valence-corrected chi connectivity index (χ4v) is 13.2. The second kappa shape index (κ2) is 39.0. The Kier molecular flexibility index (Phi) is 30.1. The number of halogens is 4. The SMILES string of the molecule is CC[C@H](C(=O)N1CCCC[C@H]1C(=O)O[C@H](CCc1ccc(OC)c(OC)c1)c1cccc(OCC(=O)NCCCCCCCCCCCC(=O)N[C@@H](Cc2ccccc2)C(=O)N2C/C(=C\c3ccc(Cl)c(Cl)c3)C(=O)/C(=C/c3ccc(Cl)c(Cl)c3)C2)c1)c1cc(OC)c(OC)c(OC)c1. The number of nitrogens with one attached hydrogen (secondary N) is 2. The lowest BCUT2D eigenvalue weighted by Crippen LogP contribution is -2.52. The molecule has 6 aromatic carbocycles. The summed E-state index contributed by atoms with van der Waals surface area (Å²) in [5.74, 6) is 0.565. The highest BCUT2D eigenvalue weighted by Gasteiger charge is 2.39. The van der Waals surface area contributed by atoms with Gasteiger partial charge in [-0.25, -0.2) is 4.79 Å². The lowest BCUT2D eigenvalue weighted by atomic mass is 9.91. The molecule has 0 radical (unpaired) electrons. The van der Waals surface area contributed by atoms with Gasteiger partial charge in [0.25, 0.3) is 5.91 Å². The summed E-state index contributed by atoms with van der Waals surface area (Å²) in [7, 11) is 7.74. The van der Waals surface area contributed by atoms with Gasteiger partial charge in [-0.05, 0) is 158 Å². The van der Waals surface area contributed by atoms with Crippen molar-refractivity contribution in [2.45, 2.75) is 140 Å². The summed E-state index contributed by atoms with van der Waals surface area (Å²) in [6.45, 7) is 2.65. The maximum absolute atomic E-state index is 14.7. The molecule has 2 fully saturated rings. The van der Waals surface area contributed by atoms with Gasteiger partial charge in [0.05, 0.1) is 61.6 Å². The summed E-state index contributed by atoms with van der Waals surface area (Å²) < 4.78 is 40.4. The van der Waals surface area contributed by atoms with Crippen LogP contribution in [-0.4, -0.2) is 126 Å². The van der Waals surface area contributed by atoms with Crippen LogP contribution in [0.5, 0.6) is 34.5 Å². The number of hydrogen-bond donors (Lipinski definition) is 2. The zero-order valence-electron chi connectivity index (χ0n) is 57.3. The second-order valence-electron chi connectivity index (χ2n) is 24.8. The Balaban J connectivity index is 0.780. The number of ketones is 1. The van der Waals surface area contributed by atoms with E-state index in [1.807, 2.05) is 67.6 Å². The van der Waals surface area contributed by atoms with Crippen molar-refractivity contribution in [3.05, 3.63) is 186 Å². The fraction of sp³-hybridized carbons (Fsp3) is 0.410. The highest BCUT2D eigenvalue weighted by molar-refractivity contribution is 6.42. The zero-order chi connectivity index (χ0) is 70.8. The Morgan fingerprint density at radius 2 is 1.20 bits per heavy atom. The van der Waals surface area contributed by atoms with E-state index in [2.05, 4.69) is 10.6 Å². The number of carbonyl (C=O) groups excluding carboxylic acids is 6. The Hall–Kier alpha value is -8.22. The van der Waals surface area contributed by atoms with E-state index >= 15 is 0 Å². The molecule has 0 spiro atoms. The minimum atomic E-state index is -0.892. The van der Waals surface area contributed by atoms with Gasteiger partial charge in [0.2, 0.25) is 23.5 Å². The molecular formula is C78H90Cl4N4O13. The van der Waals surface area contributed by atoms with E-state index in [1.54, 1.807) is 96.8 Å². The van der Waals surface area contributed by atoms with Crippen molar-refractivity contribution < 1.29 is 61.9 Å². The van der Waals surface area contributed by atoms with Crippen LogP contribution in [0.2, 0.25) is 20.1 Å². The Bertz CT molecular complexity index is 3710. The largest absolute Gasteiger partial charge is 0.493 e. The molecule has 2 heterocycles. The molecule has 0 saturated carbocycles. The van der Waals surface area contributed by atoms with Crippen molar-refractivity contribution in [2.24, 2.45) is 0 Å². The molecule has 528 valence electrons. The molecule has 8 rings (SSSR count). The molecule has 99 heavy (non-hydrogen) atoms. The summed E-state index contributed by atoms with van der Waals surface area (Å²) >= 11 is 25.1. The van der Waals surface area contributed by atoms with Crippen molar-refractivity contribution >= 4 is 93.9 Å². The highest BCUT2D eigenvalue weighted by atomic mass is 35.5. The van der Waals surface area contributed by atoms with Crippen molar-refractivity contribution in [2.75, 3.05) is 68.3 Å². The molecule has 0 aliphatic carbocycles. The van der Waals surface area contributed by atoms with Gasteiger partial charge in [-0.1, -0.05) is 159 Å². The number of benzene rings is 6. The molecule has 2 aliphatic rings. The molecule has 0 bridgehead atoms. The van der Waals surface area contributed by atoms with E-state index in [-0.39, 0.29) is 62.0 Å². The normalized spacial score (nSPS) is 15.6. The number of amides is 4. The van der Waals surface area contributed by atoms with Crippen LogP contribution in [-0.2, 0) is 46.3 Å². The molecule has 2 N–H and O–H groups in total. The van der Waals surface area contributed by atoms with Gasteiger partial charge in [-0.2, -0.15) is 0 Å². The van der Waals surface area contributed by atoms with Gasteiger partial charge in [0.15, 0.2) is 35.4 Å². The number of piperidine rings is 2. The first-order chi connectivity index (χ1) is 47.9. The number of unbranched alkanes of at least 4 members (excludes halogenated alkanes) is 8. The number of ether oxygens (including phenoxy) is 7. The van der Waals surface area contributed by atoms with Crippen LogP contribution in [0.25, 0.3) is 12.2 Å². The molecular weight excluding hydrogens is 1340 g/mol. The maximum Gasteiger partial charge on any atom is 0.329 e. The Morgan fingerprint density at radius 3 is 1.80 bits per heavy atom. The average molecular weight is 1430 g/mol. The van der Waals surface area contributed by atoms with Crippen molar-refractivity contribution in [3.63, 3.8) is 0 Å². The Labute approximate surface area is 601 Å². The van der Waals surface area contributed by atoms with Crippen LogP contribution in [0.3, 0.4) is 0 Å². The molecule has 0 aromatic heterocycles. The molecule has 17 nitrogen and oxygen atoms in total. The van der Waals surface area contributed by atoms with Crippen LogP contribution in [0.4, 0.5) is 0 Å². The molecule has 4 amide bonds. The van der Waals surface area contributed by atoms with E-state index in [1.165, 1.54) is 21.3 Å². The maximum atomic E-state index is 14.7. The third kappa shape index (κ3) is 22.1. The number of methoxy groups -OCH3 is 5. The number of esters is 1. The summed E-state index contributed by atoms with van der Waals surface area (Å²) in [5.41, 5.74) is 5.19. The average Bonchev–Trinajstić information content (AvgIpc) is 0.814. The molecule has 21 heteroatoms. The third-order valence-electron chi connectivity index (χ3n) is 17.9. The lowest BCUT2D eigenvalue weighted by molar-refractivity contribution is -0.162. The standard InChI is InChI=1S/C78H90Cl4N4O13/c1-7-60(56-46-70(95-4)75(97-6)71(47-56)96-5)76(90)86-38-21-19-27-66(86)78(92)99-67(35-31-52-32-36-68(93-2)69(44-52)94-3)55-25-22-26-59(45-55)98-50-73(88)83-37-20-14-12-10-8-9-11-13-18-28-72(87)84-65(43-51-23-16-15-17-24-51)77(91)85-48-57(39-53-29-33-61(79)63(81)41-53)74(89)58(49-85)40-54-30-34-62(80)64(82)42-54/h15-17,22-26,29-30,32-34,36,39-42,44-47,60,65-67H,7-14,18-21,27-28,31,35,37-38,43,48-50H2,1-6H3,(H,83,88)(H,84,87)/b57-39+,58-40+/t60-,65-,66-,67+/m0/s1. The number of nitrogens with zero attached hydrogens (tertiary/aromatic N) is 2. The monoisotopic (exact) mass is 1430 g/mol. The minimum Gasteiger partial charge on any atom is -0.493 e. The minimum absolute atomic E-state index is 0.00996. The summed E-state index contributed by atoms with van der Waals surface area (Å²) in [6.07, 6.45) is 14.9. The Morgan fingerprint density at radius 1 is 0.586 bits per heavy atom. The van der Waals surface area contributed by atoms with Crippen molar-refractivity contribution in [1.29, 1.82) is 0 Å². The number of Topliss-reactive ketones (excluding diaryl/α,β-unsaturated/α-hetero) is 1. The van der Waals surface area contributed by atoms with Crippen molar-refractivity contribution in [1.82, 2.24) is 20.4 Å². The van der Waals surface area contributed by atoms with Gasteiger partial charge in [-0.15, -0.1) is 0 Å². The number of hydrogen-bond acceptors (Lipinski definition) is 13. The number of rotatable bonds is 35. The number of aryl methyl sites for hydroxylation is 1. The first-order valence-electron chi connectivity index (χ1n) is 33.9. The smallest absolute Gasteiger partial charge is 0.329 e. The summed E-state index contributed by atoms with van der Waals surface area (Å²) in [5, 5.41) is 7.43. The van der Waals surface area contributed by atoms with E-state index in [4.69, 9.17) is 79.6 Å². The van der Waals surface area contributed by atoms with Crippen LogP contribution in [0, 0.1) is 0 Å². The van der Waals surface area contributed by atoms with Gasteiger partial charge in [0, 0.05) is 50.2 Å². The van der Waals surface area contributed by atoms with Crippen LogP contribution in [0.15, 0.2) is 132 Å². The van der Waals surface area contributed by atoms with Crippen LogP contribution < -0.4 is 39.1 Å². The molecule has 6 aromatic rings. The van der Waals surface area contributed by atoms with Gasteiger partial charge < -0.3 is 53.6 Å². The van der Waals surface area contributed by atoms with Crippen LogP contribution >= 0.6 is 46.4 Å². The van der Waals surface area contributed by atoms with E-state index in [0.717, 1.165) is 75.3 Å². The first-order valence-corrected chi connectivity index (χ1v) is 35.4. The zero-order valence-corrected chi connectivity index (χ0v) is 60.3. The summed E-state index contributed by atoms with van der Waals surface area (Å²) in [4.78, 5) is 87.9. The second-order valence-corrected chi connectivity index (χ2v) is 26.4. The topological polar surface area (TPSA) is 198 Å². The molecule has 4 atom stereocenters. The third-order valence-corrected chi connectivity index (χ3v) is 19.3. The predicted molar refractivity (Wildman–Crippen MR) is 389 cm³/mol.